The maximum atomic E-state index is 13.8. The Balaban J connectivity index is 1.45. The van der Waals surface area contributed by atoms with E-state index in [1.807, 2.05) is 40.7 Å². The third-order valence-electron chi connectivity index (χ3n) is 8.01. The Hall–Kier alpha value is -2.54. The second-order valence-electron chi connectivity index (χ2n) is 10.2. The first-order chi connectivity index (χ1) is 16.0. The highest BCUT2D eigenvalue weighted by Gasteiger charge is 2.48. The third-order valence-corrected chi connectivity index (χ3v) is 8.01. The summed E-state index contributed by atoms with van der Waals surface area (Å²) in [6.45, 7) is 7.04. The van der Waals surface area contributed by atoms with Crippen molar-refractivity contribution in [1.29, 1.82) is 0 Å². The van der Waals surface area contributed by atoms with Crippen LogP contribution in [0.2, 0.25) is 0 Å². The molecule has 2 aromatic heterocycles. The van der Waals surface area contributed by atoms with Crippen molar-refractivity contribution in [3.63, 3.8) is 0 Å². The lowest BCUT2D eigenvalue weighted by Gasteiger charge is -2.46. The first-order valence-electron chi connectivity index (χ1n) is 12.6. The standard InChI is InChI=1S/C26H36N4O3/c1-19-8-5-6-14-28(19)15-16-30-24(31)22-13-12-21(23-11-7-17-33-23)29(22)18-26(30,2)25(32)27-20-9-3-4-10-20/h7,11-13,17,19-20H,3-6,8-10,14-16,18H2,1-2H3,(H,27,32)/t19-,26-/m1/s1. The van der Waals surface area contributed by atoms with E-state index in [9.17, 15) is 9.59 Å². The molecule has 0 radical (unpaired) electrons. The van der Waals surface area contributed by atoms with E-state index in [-0.39, 0.29) is 17.9 Å². The van der Waals surface area contributed by atoms with Gasteiger partial charge in [0, 0.05) is 25.2 Å². The van der Waals surface area contributed by atoms with Crippen LogP contribution in [0.15, 0.2) is 34.9 Å². The second kappa shape index (κ2) is 9.01. The van der Waals surface area contributed by atoms with Gasteiger partial charge >= 0.3 is 0 Å². The first kappa shape index (κ1) is 22.3. The van der Waals surface area contributed by atoms with Crippen LogP contribution in [0.4, 0.5) is 0 Å². The molecule has 3 aliphatic rings. The topological polar surface area (TPSA) is 70.7 Å². The van der Waals surface area contributed by atoms with Crippen molar-refractivity contribution in [2.75, 3.05) is 19.6 Å². The lowest BCUT2D eigenvalue weighted by molar-refractivity contribution is -0.133. The third kappa shape index (κ3) is 4.12. The Labute approximate surface area is 196 Å². The number of rotatable bonds is 6. The van der Waals surface area contributed by atoms with Crippen molar-refractivity contribution in [2.45, 2.75) is 83.0 Å². The van der Waals surface area contributed by atoms with Crippen LogP contribution < -0.4 is 5.32 Å². The summed E-state index contributed by atoms with van der Waals surface area (Å²) in [6, 6.07) is 8.27. The van der Waals surface area contributed by atoms with Gasteiger partial charge in [0.25, 0.3) is 5.91 Å². The fourth-order valence-electron chi connectivity index (χ4n) is 5.89. The molecule has 4 heterocycles. The van der Waals surface area contributed by atoms with Crippen LogP contribution >= 0.6 is 0 Å². The van der Waals surface area contributed by atoms with E-state index >= 15 is 0 Å². The molecule has 2 fully saturated rings. The summed E-state index contributed by atoms with van der Waals surface area (Å²) in [5.41, 5.74) is 0.512. The molecule has 7 heteroatoms. The van der Waals surface area contributed by atoms with Gasteiger partial charge in [-0.2, -0.15) is 0 Å². The zero-order chi connectivity index (χ0) is 23.0. The van der Waals surface area contributed by atoms with Crippen LogP contribution in [0.25, 0.3) is 11.5 Å². The molecule has 2 aromatic rings. The van der Waals surface area contributed by atoms with Crippen LogP contribution in [-0.2, 0) is 11.3 Å². The van der Waals surface area contributed by atoms with Crippen LogP contribution in [0.5, 0.6) is 0 Å². The summed E-state index contributed by atoms with van der Waals surface area (Å²) in [6.07, 6.45) is 9.66. The molecule has 2 amide bonds. The maximum absolute atomic E-state index is 13.8. The smallest absolute Gasteiger partial charge is 0.271 e. The predicted molar refractivity (Wildman–Crippen MR) is 127 cm³/mol. The van der Waals surface area contributed by atoms with Gasteiger partial charge in [0.15, 0.2) is 0 Å². The van der Waals surface area contributed by atoms with Crippen molar-refractivity contribution in [3.8, 4) is 11.5 Å². The van der Waals surface area contributed by atoms with Crippen LogP contribution in [0.3, 0.4) is 0 Å². The number of likely N-dealkylation sites (tertiary alicyclic amines) is 1. The highest BCUT2D eigenvalue weighted by Crippen LogP contribution is 2.34. The lowest BCUT2D eigenvalue weighted by Crippen LogP contribution is -2.65. The molecule has 0 bridgehead atoms. The van der Waals surface area contributed by atoms with Gasteiger partial charge in [-0.25, -0.2) is 0 Å². The molecule has 7 nitrogen and oxygen atoms in total. The average Bonchev–Trinajstić information content (AvgIpc) is 3.56. The molecule has 0 aromatic carbocycles. The van der Waals surface area contributed by atoms with Gasteiger partial charge in [-0.15, -0.1) is 0 Å². The minimum atomic E-state index is -0.952. The van der Waals surface area contributed by atoms with Crippen molar-refractivity contribution in [1.82, 2.24) is 19.7 Å². The molecule has 5 rings (SSSR count). The van der Waals surface area contributed by atoms with Gasteiger partial charge in [0.2, 0.25) is 5.91 Å². The average molecular weight is 453 g/mol. The van der Waals surface area contributed by atoms with Gasteiger partial charge in [0.05, 0.1) is 18.5 Å². The summed E-state index contributed by atoms with van der Waals surface area (Å²) < 4.78 is 7.60. The molecule has 178 valence electrons. The number of hydrogen-bond acceptors (Lipinski definition) is 4. The minimum absolute atomic E-state index is 0.0424. The van der Waals surface area contributed by atoms with Crippen LogP contribution in [0.1, 0.15) is 69.3 Å². The van der Waals surface area contributed by atoms with Crippen molar-refractivity contribution in [3.05, 3.63) is 36.2 Å². The van der Waals surface area contributed by atoms with Gasteiger partial charge in [0.1, 0.15) is 17.0 Å². The Kier molecular flexibility index (Phi) is 6.08. The first-order valence-corrected chi connectivity index (χ1v) is 12.6. The number of furan rings is 1. The summed E-state index contributed by atoms with van der Waals surface area (Å²) in [4.78, 5) is 31.8. The van der Waals surface area contributed by atoms with Gasteiger partial charge in [-0.1, -0.05) is 19.3 Å². The molecule has 1 N–H and O–H groups in total. The largest absolute Gasteiger partial charge is 0.463 e. The molecule has 0 spiro atoms. The van der Waals surface area contributed by atoms with E-state index in [0.29, 0.717) is 30.6 Å². The summed E-state index contributed by atoms with van der Waals surface area (Å²) in [5.74, 6) is 0.593. The SMILES string of the molecule is C[C@@H]1CCCCN1CCN1C(=O)c2ccc(-c3ccco3)n2C[C@]1(C)C(=O)NC1CCCC1. The Bertz CT molecular complexity index is 991. The van der Waals surface area contributed by atoms with Crippen LogP contribution in [0, 0.1) is 0 Å². The molecular weight excluding hydrogens is 416 g/mol. The normalized spacial score (nSPS) is 26.5. The second-order valence-corrected chi connectivity index (χ2v) is 10.2. The van der Waals surface area contributed by atoms with Crippen LogP contribution in [-0.4, -0.2) is 63.4 Å². The zero-order valence-corrected chi connectivity index (χ0v) is 19.9. The molecule has 1 saturated heterocycles. The van der Waals surface area contributed by atoms with E-state index in [1.165, 1.54) is 19.3 Å². The van der Waals surface area contributed by atoms with E-state index in [4.69, 9.17) is 4.42 Å². The quantitative estimate of drug-likeness (QED) is 0.722. The maximum Gasteiger partial charge on any atom is 0.271 e. The highest BCUT2D eigenvalue weighted by atomic mass is 16.3. The summed E-state index contributed by atoms with van der Waals surface area (Å²) >= 11 is 0. The molecule has 33 heavy (non-hydrogen) atoms. The van der Waals surface area contributed by atoms with Gasteiger partial charge < -0.3 is 19.2 Å². The molecule has 2 atom stereocenters. The fourth-order valence-corrected chi connectivity index (χ4v) is 5.89. The zero-order valence-electron chi connectivity index (χ0n) is 19.9. The number of hydrogen-bond donors (Lipinski definition) is 1. The van der Waals surface area contributed by atoms with Crippen molar-refractivity contribution < 1.29 is 14.0 Å². The molecule has 1 saturated carbocycles. The van der Waals surface area contributed by atoms with Crippen molar-refractivity contribution >= 4 is 11.8 Å². The number of carbonyl (C=O) groups excluding carboxylic acids is 2. The fraction of sp³-hybridized carbons (Fsp3) is 0.615. The van der Waals surface area contributed by atoms with E-state index in [2.05, 4.69) is 17.1 Å². The van der Waals surface area contributed by atoms with Crippen molar-refractivity contribution in [2.24, 2.45) is 0 Å². The lowest BCUT2D eigenvalue weighted by atomic mass is 9.93. The summed E-state index contributed by atoms with van der Waals surface area (Å²) in [5, 5.41) is 3.28. The molecular formula is C26H36N4O3. The Morgan fingerprint density at radius 1 is 1.09 bits per heavy atom. The highest BCUT2D eigenvalue weighted by molar-refractivity contribution is 6.00. The van der Waals surface area contributed by atoms with E-state index in [0.717, 1.165) is 44.5 Å². The van der Waals surface area contributed by atoms with E-state index < -0.39 is 5.54 Å². The molecule has 0 unspecified atom stereocenters. The Morgan fingerprint density at radius 3 is 2.58 bits per heavy atom. The Morgan fingerprint density at radius 2 is 1.85 bits per heavy atom. The van der Waals surface area contributed by atoms with Gasteiger partial charge in [-0.3, -0.25) is 14.5 Å². The molecule has 1 aliphatic carbocycles. The monoisotopic (exact) mass is 452 g/mol. The molecule has 2 aliphatic heterocycles. The number of aromatic nitrogens is 1. The number of nitrogens with one attached hydrogen (secondary N) is 1. The number of amides is 2. The van der Waals surface area contributed by atoms with E-state index in [1.54, 1.807) is 6.26 Å². The number of fused-ring (bicyclic) bond motifs is 1. The summed E-state index contributed by atoms with van der Waals surface area (Å²) in [7, 11) is 0. The van der Waals surface area contributed by atoms with Gasteiger partial charge in [-0.05, 0) is 70.3 Å². The predicted octanol–water partition coefficient (Wildman–Crippen LogP) is 3.90. The number of nitrogens with zero attached hydrogens (tertiary/aromatic N) is 3. The minimum Gasteiger partial charge on any atom is -0.463 e. The number of piperidine rings is 1. The number of carbonyl (C=O) groups is 2.